The fourth-order valence-corrected chi connectivity index (χ4v) is 1.80. The van der Waals surface area contributed by atoms with Crippen LogP contribution in [0, 0.1) is 0 Å². The molecule has 0 spiro atoms. The molecule has 1 aliphatic heterocycles. The first kappa shape index (κ1) is 7.43. The average Bonchev–Trinajstić information content (AvgIpc) is 2.61. The molecule has 0 bridgehead atoms. The van der Waals surface area contributed by atoms with Crippen LogP contribution in [0.25, 0.3) is 0 Å². The zero-order valence-corrected chi connectivity index (χ0v) is 8.48. The average molecular weight is 192 g/mol. The van der Waals surface area contributed by atoms with Crippen molar-refractivity contribution in [3.8, 4) is 0 Å². The van der Waals surface area contributed by atoms with E-state index < -0.39 is 6.50 Å². The first-order valence-corrected chi connectivity index (χ1v) is 5.11. The fraction of sp³-hybridized carbons (Fsp3) is 0.500. The van der Waals surface area contributed by atoms with E-state index in [9.17, 15) is 0 Å². The summed E-state index contributed by atoms with van der Waals surface area (Å²) in [5, 5.41) is 0. The molecule has 2 atom stereocenters. The van der Waals surface area contributed by atoms with Gasteiger partial charge in [-0.3, -0.25) is 4.90 Å². The van der Waals surface area contributed by atoms with E-state index in [1.165, 1.54) is 0 Å². The van der Waals surface area contributed by atoms with E-state index in [1.54, 1.807) is 0 Å². The van der Waals surface area contributed by atoms with Crippen LogP contribution in [-0.2, 0) is 6.50 Å². The normalized spacial score (nSPS) is 31.3. The van der Waals surface area contributed by atoms with Crippen LogP contribution in [0.3, 0.4) is 0 Å². The topological polar surface area (TPSA) is 29.3 Å². The van der Waals surface area contributed by atoms with Gasteiger partial charge in [0.15, 0.2) is 0 Å². The maximum atomic E-state index is 8.22. The Bertz CT molecular complexity index is 353. The van der Waals surface area contributed by atoms with Crippen LogP contribution in [0.1, 0.15) is 21.6 Å². The van der Waals surface area contributed by atoms with Gasteiger partial charge in [-0.05, 0) is 18.9 Å². The molecule has 1 heterocycles. The Morgan fingerprint density at radius 3 is 2.79 bits per heavy atom. The highest BCUT2D eigenvalue weighted by atomic mass is 15.2. The molecule has 1 aliphatic rings. The Labute approximate surface area is 88.5 Å². The molecule has 2 rings (SSSR count). The molecule has 0 amide bonds. The van der Waals surface area contributed by atoms with Gasteiger partial charge < -0.3 is 5.73 Å². The van der Waals surface area contributed by atoms with Crippen molar-refractivity contribution in [1.82, 2.24) is 4.90 Å². The highest BCUT2D eigenvalue weighted by molar-refractivity contribution is 5.15. The van der Waals surface area contributed by atoms with E-state index in [0.29, 0.717) is 5.56 Å². The number of benzene rings is 1. The number of hydrogen-bond acceptors (Lipinski definition) is 2. The van der Waals surface area contributed by atoms with E-state index in [4.69, 9.17) is 8.48 Å². The summed E-state index contributed by atoms with van der Waals surface area (Å²) in [5.41, 5.74) is 6.64. The van der Waals surface area contributed by atoms with Crippen molar-refractivity contribution < 1.29 is 2.74 Å². The molecule has 76 valence electrons. The number of nitrogens with zero attached hydrogens (tertiary/aromatic N) is 1. The van der Waals surface area contributed by atoms with Crippen LogP contribution < -0.4 is 5.73 Å². The summed E-state index contributed by atoms with van der Waals surface area (Å²) in [4.78, 5) is 1.85. The second-order valence-electron chi connectivity index (χ2n) is 3.86. The summed E-state index contributed by atoms with van der Waals surface area (Å²) in [7, 11) is 0. The second kappa shape index (κ2) is 4.11. The summed E-state index contributed by atoms with van der Waals surface area (Å²) in [6, 6.07) is 9.47. The highest BCUT2D eigenvalue weighted by Crippen LogP contribution is 2.18. The van der Waals surface area contributed by atoms with Gasteiger partial charge in [-0.15, -0.1) is 0 Å². The molecule has 1 fully saturated rings. The third-order valence-corrected chi connectivity index (χ3v) is 2.86. The number of hydrogen-bond donors (Lipinski definition) is 1. The van der Waals surface area contributed by atoms with E-state index in [2.05, 4.69) is 0 Å². The lowest BCUT2D eigenvalue weighted by molar-refractivity contribution is 0.252. The molecule has 1 saturated heterocycles. The first-order chi connectivity index (χ1) is 7.53. The standard InChI is InChI=1S/C12H18N2/c1-10-12(13)7-8-14(10)9-11-5-3-2-4-6-11/h2-6,10,12H,7-9,13H2,1H3/t10-,12-/m0/s1/i9D2. The minimum Gasteiger partial charge on any atom is -0.326 e. The fourth-order valence-electron chi connectivity index (χ4n) is 1.80. The summed E-state index contributed by atoms with van der Waals surface area (Å²) in [6.07, 6.45) is 0.869. The van der Waals surface area contributed by atoms with Gasteiger partial charge in [0.2, 0.25) is 0 Å². The maximum absolute atomic E-state index is 8.22. The van der Waals surface area contributed by atoms with Crippen molar-refractivity contribution in [3.63, 3.8) is 0 Å². The van der Waals surface area contributed by atoms with Crippen LogP contribution in [0.2, 0.25) is 0 Å². The van der Waals surface area contributed by atoms with Gasteiger partial charge in [0.1, 0.15) is 0 Å². The summed E-state index contributed by atoms with van der Waals surface area (Å²) in [5.74, 6) is 0. The van der Waals surface area contributed by atoms with E-state index in [-0.39, 0.29) is 12.1 Å². The van der Waals surface area contributed by atoms with Crippen LogP contribution in [0.5, 0.6) is 0 Å². The summed E-state index contributed by atoms with van der Waals surface area (Å²) < 4.78 is 16.4. The van der Waals surface area contributed by atoms with Crippen molar-refractivity contribution in [3.05, 3.63) is 35.9 Å². The zero-order valence-electron chi connectivity index (χ0n) is 10.5. The van der Waals surface area contributed by atoms with E-state index in [1.807, 2.05) is 42.2 Å². The van der Waals surface area contributed by atoms with Crippen molar-refractivity contribution in [2.24, 2.45) is 5.73 Å². The van der Waals surface area contributed by atoms with Gasteiger partial charge in [-0.25, -0.2) is 0 Å². The van der Waals surface area contributed by atoms with Crippen molar-refractivity contribution >= 4 is 0 Å². The number of likely N-dealkylation sites (tertiary alicyclic amines) is 1. The Hall–Kier alpha value is -0.860. The van der Waals surface area contributed by atoms with Crippen LogP contribution in [0.4, 0.5) is 0 Å². The van der Waals surface area contributed by atoms with E-state index >= 15 is 0 Å². The number of nitrogens with two attached hydrogens (primary N) is 1. The van der Waals surface area contributed by atoms with Gasteiger partial charge in [-0.2, -0.15) is 0 Å². The van der Waals surface area contributed by atoms with Crippen molar-refractivity contribution in [1.29, 1.82) is 0 Å². The van der Waals surface area contributed by atoms with Crippen LogP contribution in [0.15, 0.2) is 30.3 Å². The van der Waals surface area contributed by atoms with Crippen LogP contribution >= 0.6 is 0 Å². The minimum atomic E-state index is -1.42. The summed E-state index contributed by atoms with van der Waals surface area (Å²) >= 11 is 0. The lowest BCUT2D eigenvalue weighted by Gasteiger charge is -2.22. The summed E-state index contributed by atoms with van der Waals surface area (Å²) in [6.45, 7) is 1.30. The molecule has 0 aliphatic carbocycles. The predicted octanol–water partition coefficient (Wildman–Crippen LogP) is 1.61. The monoisotopic (exact) mass is 192 g/mol. The third kappa shape index (κ3) is 1.97. The molecule has 2 N–H and O–H groups in total. The first-order valence-electron chi connectivity index (χ1n) is 6.11. The van der Waals surface area contributed by atoms with Gasteiger partial charge in [0.05, 0.1) is 0 Å². The molecule has 1 aromatic rings. The Balaban J connectivity index is 2.26. The molecular weight excluding hydrogens is 172 g/mol. The molecule has 0 radical (unpaired) electrons. The Kier molecular flexibility index (Phi) is 2.18. The second-order valence-corrected chi connectivity index (χ2v) is 3.86. The Morgan fingerprint density at radius 1 is 1.50 bits per heavy atom. The maximum Gasteiger partial charge on any atom is 0.0481 e. The molecule has 14 heavy (non-hydrogen) atoms. The zero-order chi connectivity index (χ0) is 11.8. The SMILES string of the molecule is [2H]C([2H])(c1ccccc1)N1CC[C@H](N)[C@@H]1C. The molecule has 2 nitrogen and oxygen atoms in total. The lowest BCUT2D eigenvalue weighted by Crippen LogP contribution is -2.36. The van der Waals surface area contributed by atoms with Gasteiger partial charge >= 0.3 is 0 Å². The molecule has 0 unspecified atom stereocenters. The van der Waals surface area contributed by atoms with Gasteiger partial charge in [-0.1, -0.05) is 30.3 Å². The van der Waals surface area contributed by atoms with Crippen LogP contribution in [-0.4, -0.2) is 23.5 Å². The molecular formula is C12H18N2. The third-order valence-electron chi connectivity index (χ3n) is 2.86. The van der Waals surface area contributed by atoms with E-state index in [0.717, 1.165) is 13.0 Å². The lowest BCUT2D eigenvalue weighted by atomic mass is 10.1. The largest absolute Gasteiger partial charge is 0.326 e. The molecule has 0 saturated carbocycles. The Morgan fingerprint density at radius 2 is 2.21 bits per heavy atom. The molecule has 2 heteroatoms. The number of rotatable bonds is 2. The minimum absolute atomic E-state index is 0.0822. The molecule has 1 aromatic carbocycles. The smallest absolute Gasteiger partial charge is 0.0481 e. The highest BCUT2D eigenvalue weighted by Gasteiger charge is 2.27. The molecule has 0 aromatic heterocycles. The van der Waals surface area contributed by atoms with Crippen molar-refractivity contribution in [2.45, 2.75) is 31.9 Å². The predicted molar refractivity (Wildman–Crippen MR) is 58.9 cm³/mol. The van der Waals surface area contributed by atoms with Gasteiger partial charge in [0, 0.05) is 27.9 Å². The van der Waals surface area contributed by atoms with Crippen molar-refractivity contribution in [2.75, 3.05) is 6.54 Å². The quantitative estimate of drug-likeness (QED) is 0.771. The van der Waals surface area contributed by atoms with Gasteiger partial charge in [0.25, 0.3) is 0 Å².